The quantitative estimate of drug-likeness (QED) is 0.243. The van der Waals surface area contributed by atoms with Crippen molar-refractivity contribution in [3.8, 4) is 11.5 Å². The van der Waals surface area contributed by atoms with E-state index >= 15 is 0 Å². The molecule has 34 heavy (non-hydrogen) atoms. The van der Waals surface area contributed by atoms with E-state index in [1.807, 2.05) is 42.2 Å². The largest absolute Gasteiger partial charge is 0.497 e. The summed E-state index contributed by atoms with van der Waals surface area (Å²) in [5.41, 5.74) is 3.53. The van der Waals surface area contributed by atoms with Crippen LogP contribution in [0.2, 0.25) is 0 Å². The van der Waals surface area contributed by atoms with Gasteiger partial charge in [0.2, 0.25) is 0 Å². The van der Waals surface area contributed by atoms with Gasteiger partial charge in [0.1, 0.15) is 11.5 Å². The van der Waals surface area contributed by atoms with E-state index in [1.165, 1.54) is 11.1 Å². The Morgan fingerprint density at radius 1 is 1.09 bits per heavy atom. The van der Waals surface area contributed by atoms with Gasteiger partial charge >= 0.3 is 0 Å². The molecule has 1 aromatic heterocycles. The lowest BCUT2D eigenvalue weighted by Crippen LogP contribution is -2.44. The molecule has 2 heterocycles. The van der Waals surface area contributed by atoms with Crippen LogP contribution in [0.4, 0.5) is 5.69 Å². The number of aliphatic imine (C=N–C) groups is 1. The highest BCUT2D eigenvalue weighted by Gasteiger charge is 2.24. The molecule has 4 rings (SSSR count). The minimum absolute atomic E-state index is 0. The van der Waals surface area contributed by atoms with E-state index in [0.29, 0.717) is 12.6 Å². The third-order valence-electron chi connectivity index (χ3n) is 5.81. The molecule has 1 saturated heterocycles. The Morgan fingerprint density at radius 3 is 2.53 bits per heavy atom. The van der Waals surface area contributed by atoms with Crippen LogP contribution < -0.4 is 25.0 Å². The van der Waals surface area contributed by atoms with Crippen LogP contribution in [0.25, 0.3) is 0 Å². The molecule has 182 valence electrons. The van der Waals surface area contributed by atoms with Gasteiger partial charge in [0.05, 0.1) is 20.8 Å². The topological polar surface area (TPSA) is 75.9 Å². The zero-order valence-corrected chi connectivity index (χ0v) is 22.2. The van der Waals surface area contributed by atoms with Crippen molar-refractivity contribution in [2.24, 2.45) is 4.99 Å². The lowest BCUT2D eigenvalue weighted by atomic mass is 10.1. The third-order valence-corrected chi connectivity index (χ3v) is 5.81. The van der Waals surface area contributed by atoms with E-state index in [4.69, 9.17) is 9.47 Å². The molecule has 9 heteroatoms. The smallest absolute Gasteiger partial charge is 0.191 e. The highest BCUT2D eigenvalue weighted by molar-refractivity contribution is 14.0. The fourth-order valence-electron chi connectivity index (χ4n) is 4.08. The van der Waals surface area contributed by atoms with Gasteiger partial charge < -0.3 is 25.0 Å². The molecule has 3 aromatic rings. The van der Waals surface area contributed by atoms with E-state index in [1.54, 1.807) is 20.4 Å². The van der Waals surface area contributed by atoms with Crippen LogP contribution in [0, 0.1) is 0 Å². The zero-order chi connectivity index (χ0) is 23.0. The second-order valence-corrected chi connectivity index (χ2v) is 8.10. The van der Waals surface area contributed by atoms with Gasteiger partial charge in [-0.1, -0.05) is 24.3 Å². The Labute approximate surface area is 218 Å². The fraction of sp³-hybridized carbons (Fsp3) is 0.360. The fourth-order valence-corrected chi connectivity index (χ4v) is 4.08. The Balaban J connectivity index is 0.00000324. The number of benzene rings is 2. The number of hydrogen-bond acceptors (Lipinski definition) is 5. The van der Waals surface area contributed by atoms with Crippen LogP contribution in [0.5, 0.6) is 11.5 Å². The number of anilines is 1. The van der Waals surface area contributed by atoms with Crippen LogP contribution in [0.15, 0.2) is 65.9 Å². The first-order valence-electron chi connectivity index (χ1n) is 11.2. The first-order valence-corrected chi connectivity index (χ1v) is 11.2. The number of guanidine groups is 1. The predicted molar refractivity (Wildman–Crippen MR) is 147 cm³/mol. The van der Waals surface area contributed by atoms with Crippen molar-refractivity contribution in [1.29, 1.82) is 0 Å². The highest BCUT2D eigenvalue weighted by Crippen LogP contribution is 2.30. The van der Waals surface area contributed by atoms with Crippen molar-refractivity contribution in [2.45, 2.75) is 25.6 Å². The van der Waals surface area contributed by atoms with E-state index < -0.39 is 0 Å². The predicted octanol–water partition coefficient (Wildman–Crippen LogP) is 3.51. The molecule has 2 aromatic carbocycles. The number of nitrogens with zero attached hydrogens (tertiary/aromatic N) is 4. The molecule has 0 spiro atoms. The second kappa shape index (κ2) is 12.5. The van der Waals surface area contributed by atoms with Gasteiger partial charge in [0.15, 0.2) is 5.96 Å². The first kappa shape index (κ1) is 25.7. The number of nitrogens with one attached hydrogen (secondary N) is 2. The Kier molecular flexibility index (Phi) is 9.43. The summed E-state index contributed by atoms with van der Waals surface area (Å²) in [6.07, 6.45) is 4.80. The molecule has 1 atom stereocenters. The monoisotopic (exact) mass is 576 g/mol. The van der Waals surface area contributed by atoms with Crippen molar-refractivity contribution < 1.29 is 9.47 Å². The second-order valence-electron chi connectivity index (χ2n) is 8.10. The third kappa shape index (κ3) is 6.78. The van der Waals surface area contributed by atoms with Crippen LogP contribution in [-0.4, -0.2) is 56.1 Å². The molecule has 0 bridgehead atoms. The summed E-state index contributed by atoms with van der Waals surface area (Å²) in [4.78, 5) is 6.77. The lowest BCUT2D eigenvalue weighted by Gasteiger charge is -2.21. The minimum atomic E-state index is 0. The van der Waals surface area contributed by atoms with Gasteiger partial charge in [0, 0.05) is 69.0 Å². The van der Waals surface area contributed by atoms with Gasteiger partial charge in [0.25, 0.3) is 0 Å². The summed E-state index contributed by atoms with van der Waals surface area (Å²) in [6, 6.07) is 16.8. The number of ether oxygens (including phenoxy) is 2. The molecule has 1 aliphatic heterocycles. The van der Waals surface area contributed by atoms with Crippen molar-refractivity contribution >= 4 is 35.6 Å². The van der Waals surface area contributed by atoms with Crippen LogP contribution in [0.3, 0.4) is 0 Å². The van der Waals surface area contributed by atoms with Crippen molar-refractivity contribution in [3.63, 3.8) is 0 Å². The number of hydrogen-bond donors (Lipinski definition) is 2. The molecular formula is C25H33IN6O2. The SMILES string of the molecule is CN=C(NCc1cccc(Cn2cccn2)c1)NC1CCN(c2cc(OC)cc(OC)c2)C1.I. The minimum Gasteiger partial charge on any atom is -0.497 e. The average Bonchev–Trinajstić information content (AvgIpc) is 3.54. The summed E-state index contributed by atoms with van der Waals surface area (Å²) in [7, 11) is 5.16. The average molecular weight is 576 g/mol. The van der Waals surface area contributed by atoms with Gasteiger partial charge in [-0.2, -0.15) is 5.10 Å². The highest BCUT2D eigenvalue weighted by atomic mass is 127. The van der Waals surface area contributed by atoms with E-state index in [-0.39, 0.29) is 24.0 Å². The summed E-state index contributed by atoms with van der Waals surface area (Å²) >= 11 is 0. The van der Waals surface area contributed by atoms with Crippen LogP contribution in [-0.2, 0) is 13.1 Å². The maximum atomic E-state index is 5.42. The van der Waals surface area contributed by atoms with Crippen molar-refractivity contribution in [1.82, 2.24) is 20.4 Å². The van der Waals surface area contributed by atoms with Gasteiger partial charge in [-0.05, 0) is 23.6 Å². The molecule has 0 amide bonds. The molecule has 1 aliphatic rings. The zero-order valence-electron chi connectivity index (χ0n) is 19.9. The molecule has 0 saturated carbocycles. The summed E-state index contributed by atoms with van der Waals surface area (Å²) in [5.74, 6) is 2.41. The van der Waals surface area contributed by atoms with E-state index in [0.717, 1.165) is 49.2 Å². The summed E-state index contributed by atoms with van der Waals surface area (Å²) < 4.78 is 12.8. The summed E-state index contributed by atoms with van der Waals surface area (Å²) in [5, 5.41) is 11.3. The maximum absolute atomic E-state index is 5.42. The van der Waals surface area contributed by atoms with Crippen LogP contribution >= 0.6 is 24.0 Å². The molecule has 1 fully saturated rings. The molecule has 8 nitrogen and oxygen atoms in total. The van der Waals surface area contributed by atoms with Gasteiger partial charge in [-0.3, -0.25) is 9.67 Å². The van der Waals surface area contributed by atoms with Gasteiger partial charge in [-0.15, -0.1) is 24.0 Å². The Hall–Kier alpha value is -2.95. The maximum Gasteiger partial charge on any atom is 0.191 e. The number of aromatic nitrogens is 2. The molecular weight excluding hydrogens is 543 g/mol. The number of rotatable bonds is 8. The number of methoxy groups -OCH3 is 2. The molecule has 2 N–H and O–H groups in total. The Morgan fingerprint density at radius 2 is 1.85 bits per heavy atom. The molecule has 1 unspecified atom stereocenters. The molecule has 0 radical (unpaired) electrons. The summed E-state index contributed by atoms with van der Waals surface area (Å²) in [6.45, 7) is 3.31. The van der Waals surface area contributed by atoms with E-state index in [2.05, 4.69) is 49.9 Å². The number of halogens is 1. The van der Waals surface area contributed by atoms with E-state index in [9.17, 15) is 0 Å². The normalized spacial score (nSPS) is 15.6. The first-order chi connectivity index (χ1) is 16.2. The van der Waals surface area contributed by atoms with Crippen LogP contribution in [0.1, 0.15) is 17.5 Å². The van der Waals surface area contributed by atoms with Crippen molar-refractivity contribution in [3.05, 3.63) is 72.1 Å². The molecule has 0 aliphatic carbocycles. The van der Waals surface area contributed by atoms with Crippen molar-refractivity contribution in [2.75, 3.05) is 39.3 Å². The lowest BCUT2D eigenvalue weighted by molar-refractivity contribution is 0.394. The van der Waals surface area contributed by atoms with Gasteiger partial charge in [-0.25, -0.2) is 0 Å². The standard InChI is InChI=1S/C25H32N6O2.HI/c1-26-25(27-16-19-6-4-7-20(12-19)17-31-10-5-9-28-31)29-21-8-11-30(18-21)22-13-23(32-2)15-24(14-22)33-3;/h4-7,9-10,12-15,21H,8,11,16-18H2,1-3H3,(H2,26,27,29);1H. The Bertz CT molecular complexity index is 1050.